The van der Waals surface area contributed by atoms with Gasteiger partial charge in [-0.3, -0.25) is 14.4 Å². The van der Waals surface area contributed by atoms with Crippen molar-refractivity contribution in [2.24, 2.45) is 5.73 Å². The average molecular weight is 498 g/mol. The van der Waals surface area contributed by atoms with E-state index in [4.69, 9.17) is 15.2 Å². The zero-order valence-electron chi connectivity index (χ0n) is 19.7. The van der Waals surface area contributed by atoms with Gasteiger partial charge in [0, 0.05) is 47.6 Å². The maximum atomic E-state index is 13.3. The third kappa shape index (κ3) is 3.56. The van der Waals surface area contributed by atoms with Crippen LogP contribution in [0.3, 0.4) is 0 Å². The second-order valence-electron chi connectivity index (χ2n) is 9.80. The highest BCUT2D eigenvalue weighted by Gasteiger charge is 2.49. The van der Waals surface area contributed by atoms with Crippen LogP contribution < -0.4 is 5.73 Å². The molecule has 1 saturated heterocycles. The van der Waals surface area contributed by atoms with E-state index in [1.165, 1.54) is 19.1 Å². The number of aliphatic hydroxyl groups is 2. The van der Waals surface area contributed by atoms with Crippen LogP contribution in [0.5, 0.6) is 11.5 Å². The molecule has 0 amide bonds. The van der Waals surface area contributed by atoms with Gasteiger partial charge < -0.3 is 35.6 Å². The fourth-order valence-corrected chi connectivity index (χ4v) is 5.42. The van der Waals surface area contributed by atoms with E-state index in [1.54, 1.807) is 19.1 Å². The van der Waals surface area contributed by atoms with Crippen LogP contribution in [-0.2, 0) is 20.7 Å². The molecule has 5 rings (SSSR count). The summed E-state index contributed by atoms with van der Waals surface area (Å²) >= 11 is 0. The summed E-state index contributed by atoms with van der Waals surface area (Å²) in [5, 5.41) is 43.8. The predicted molar refractivity (Wildman–Crippen MR) is 124 cm³/mol. The van der Waals surface area contributed by atoms with Gasteiger partial charge in [-0.05, 0) is 13.8 Å². The van der Waals surface area contributed by atoms with Crippen molar-refractivity contribution < 1.29 is 44.3 Å². The quantitative estimate of drug-likeness (QED) is 0.328. The largest absolute Gasteiger partial charge is 0.507 e. The lowest BCUT2D eigenvalue weighted by Crippen LogP contribution is -2.52. The van der Waals surface area contributed by atoms with E-state index >= 15 is 0 Å². The number of carbonyl (C=O) groups excluding carboxylic acids is 3. The van der Waals surface area contributed by atoms with Gasteiger partial charge in [-0.25, -0.2) is 0 Å². The molecule has 2 aliphatic carbocycles. The van der Waals surface area contributed by atoms with Gasteiger partial charge >= 0.3 is 0 Å². The van der Waals surface area contributed by atoms with Gasteiger partial charge in [0.1, 0.15) is 17.1 Å². The van der Waals surface area contributed by atoms with Crippen LogP contribution in [0, 0.1) is 0 Å². The predicted octanol–water partition coefficient (Wildman–Crippen LogP) is 1.02. The summed E-state index contributed by atoms with van der Waals surface area (Å²) in [4.78, 5) is 39.0. The number of carbonyl (C=O) groups is 3. The summed E-state index contributed by atoms with van der Waals surface area (Å²) in [6.07, 6.45) is -4.38. The highest BCUT2D eigenvalue weighted by molar-refractivity contribution is 6.30. The number of hydrogen-bond acceptors (Lipinski definition) is 10. The second-order valence-corrected chi connectivity index (χ2v) is 9.80. The molecule has 0 aromatic heterocycles. The Bertz CT molecular complexity index is 1290. The van der Waals surface area contributed by atoms with Crippen molar-refractivity contribution in [3.05, 3.63) is 57.6 Å². The molecule has 10 heteroatoms. The second kappa shape index (κ2) is 8.46. The van der Waals surface area contributed by atoms with Crippen molar-refractivity contribution in [2.45, 2.75) is 69.4 Å². The number of hydrogen-bond donors (Lipinski definition) is 5. The maximum absolute atomic E-state index is 13.3. The van der Waals surface area contributed by atoms with Gasteiger partial charge in [-0.15, -0.1) is 0 Å². The van der Waals surface area contributed by atoms with Crippen molar-refractivity contribution in [3.63, 3.8) is 0 Å². The van der Waals surface area contributed by atoms with Gasteiger partial charge in [0.25, 0.3) is 0 Å². The molecule has 2 aromatic carbocycles. The lowest BCUT2D eigenvalue weighted by atomic mass is 9.72. The summed E-state index contributed by atoms with van der Waals surface area (Å²) in [5.74, 6) is -3.06. The van der Waals surface area contributed by atoms with Gasteiger partial charge in [0.15, 0.2) is 23.6 Å². The Morgan fingerprint density at radius 2 is 1.69 bits per heavy atom. The molecule has 0 unspecified atom stereocenters. The molecule has 2 aromatic rings. The average Bonchev–Trinajstić information content (AvgIpc) is 2.82. The fraction of sp³-hybridized carbons (Fsp3) is 0.423. The molecule has 1 heterocycles. The zero-order chi connectivity index (χ0) is 26.1. The van der Waals surface area contributed by atoms with Crippen LogP contribution in [-0.4, -0.2) is 67.9 Å². The first-order valence-electron chi connectivity index (χ1n) is 11.7. The monoisotopic (exact) mass is 497 g/mol. The Morgan fingerprint density at radius 3 is 2.25 bits per heavy atom. The number of nitrogens with two attached hydrogens (primary N) is 1. The summed E-state index contributed by atoms with van der Waals surface area (Å²) in [7, 11) is 0. The summed E-state index contributed by atoms with van der Waals surface area (Å²) in [5.41, 5.74) is 3.38. The van der Waals surface area contributed by atoms with E-state index in [1.807, 2.05) is 0 Å². The SMILES string of the molecule is CC(=O)[C@]1(O)Cc2c(O)c3c(c(O)c2[C@H](O[C@H]2C[C@@H](N)[C@@H](O)[C@H](C)O2)C1)C(=O)c1ccccc1C3=O. The van der Waals surface area contributed by atoms with Crippen LogP contribution in [0.1, 0.15) is 75.8 Å². The number of ketones is 3. The standard InChI is InChI=1S/C26H27NO9/c1-10-21(29)15(27)7-17(35-10)36-16-9-26(34,11(2)28)8-14-18(16)25(33)20-19(24(14)32)22(30)12-5-3-4-6-13(12)23(20)31/h3-6,10,15-17,21,29,32-34H,7-9,27H2,1-2H3/t10-,15+,16+,17-,21-,26-/m0/s1. The van der Waals surface area contributed by atoms with Crippen LogP contribution in [0.15, 0.2) is 24.3 Å². The smallest absolute Gasteiger partial charge is 0.198 e. The van der Waals surface area contributed by atoms with Crippen molar-refractivity contribution >= 4 is 17.3 Å². The number of aromatic hydroxyl groups is 2. The Balaban J connectivity index is 1.66. The molecule has 6 N–H and O–H groups in total. The molecule has 190 valence electrons. The van der Waals surface area contributed by atoms with Crippen molar-refractivity contribution in [2.75, 3.05) is 0 Å². The van der Waals surface area contributed by atoms with Gasteiger partial charge in [0.05, 0.1) is 29.4 Å². The molecular formula is C26H27NO9. The van der Waals surface area contributed by atoms with Gasteiger partial charge in [-0.2, -0.15) is 0 Å². The minimum atomic E-state index is -1.97. The summed E-state index contributed by atoms with van der Waals surface area (Å²) < 4.78 is 11.8. The van der Waals surface area contributed by atoms with E-state index in [9.17, 15) is 34.8 Å². The molecule has 1 aliphatic heterocycles. The molecular weight excluding hydrogens is 470 g/mol. The van der Waals surface area contributed by atoms with E-state index in [0.717, 1.165) is 0 Å². The van der Waals surface area contributed by atoms with Crippen molar-refractivity contribution in [1.82, 2.24) is 0 Å². The molecule has 36 heavy (non-hydrogen) atoms. The molecule has 1 fully saturated rings. The first-order chi connectivity index (χ1) is 16.9. The number of aliphatic hydroxyl groups excluding tert-OH is 1. The first kappa shape index (κ1) is 24.5. The number of phenols is 2. The summed E-state index contributed by atoms with van der Waals surface area (Å²) in [6, 6.07) is 5.40. The summed E-state index contributed by atoms with van der Waals surface area (Å²) in [6.45, 7) is 2.80. The number of fused-ring (bicyclic) bond motifs is 3. The van der Waals surface area contributed by atoms with E-state index in [0.29, 0.717) is 0 Å². The number of phenolic OH excluding ortho intramolecular Hbond substituents is 2. The lowest BCUT2D eigenvalue weighted by Gasteiger charge is -2.42. The third-order valence-electron chi connectivity index (χ3n) is 7.50. The Morgan fingerprint density at radius 1 is 1.11 bits per heavy atom. The molecule has 10 nitrogen and oxygen atoms in total. The molecule has 3 aliphatic rings. The number of ether oxygens (including phenoxy) is 2. The fourth-order valence-electron chi connectivity index (χ4n) is 5.42. The first-order valence-corrected chi connectivity index (χ1v) is 11.7. The molecule has 6 atom stereocenters. The van der Waals surface area contributed by atoms with E-state index < -0.39 is 71.5 Å². The lowest BCUT2D eigenvalue weighted by molar-refractivity contribution is -0.247. The van der Waals surface area contributed by atoms with Crippen molar-refractivity contribution in [3.8, 4) is 11.5 Å². The normalized spacial score (nSPS) is 31.4. The molecule has 0 spiro atoms. The van der Waals surface area contributed by atoms with Crippen LogP contribution in [0.4, 0.5) is 0 Å². The Kier molecular flexibility index (Phi) is 5.77. The van der Waals surface area contributed by atoms with E-state index in [-0.39, 0.29) is 46.2 Å². The maximum Gasteiger partial charge on any atom is 0.198 e. The number of benzene rings is 2. The minimum Gasteiger partial charge on any atom is -0.507 e. The molecule has 0 radical (unpaired) electrons. The highest BCUT2D eigenvalue weighted by atomic mass is 16.7. The topological polar surface area (TPSA) is 177 Å². The van der Waals surface area contributed by atoms with Crippen LogP contribution >= 0.6 is 0 Å². The third-order valence-corrected chi connectivity index (χ3v) is 7.50. The highest BCUT2D eigenvalue weighted by Crippen LogP contribution is 2.51. The van der Waals surface area contributed by atoms with Gasteiger partial charge in [0.2, 0.25) is 0 Å². The van der Waals surface area contributed by atoms with Crippen LogP contribution in [0.2, 0.25) is 0 Å². The Labute approximate surface area is 206 Å². The molecule has 0 bridgehead atoms. The van der Waals surface area contributed by atoms with E-state index in [2.05, 4.69) is 0 Å². The minimum absolute atomic E-state index is 0.00588. The number of Topliss-reactive ketones (excluding diaryl/α,β-unsaturated/α-hetero) is 1. The van der Waals surface area contributed by atoms with Gasteiger partial charge in [-0.1, -0.05) is 24.3 Å². The zero-order valence-corrected chi connectivity index (χ0v) is 19.7. The van der Waals surface area contributed by atoms with Crippen LogP contribution in [0.25, 0.3) is 0 Å². The molecule has 0 saturated carbocycles. The van der Waals surface area contributed by atoms with Crippen molar-refractivity contribution in [1.29, 1.82) is 0 Å². The number of rotatable bonds is 3. The Hall–Kier alpha value is -3.15.